The van der Waals surface area contributed by atoms with Gasteiger partial charge in [-0.15, -0.1) is 0 Å². The van der Waals surface area contributed by atoms with Crippen LogP contribution in [0.5, 0.6) is 0 Å². The fourth-order valence-corrected chi connectivity index (χ4v) is 3.70. The molecule has 0 radical (unpaired) electrons. The van der Waals surface area contributed by atoms with Crippen molar-refractivity contribution in [3.63, 3.8) is 0 Å². The third-order valence-corrected chi connectivity index (χ3v) is 5.12. The number of halogens is 2. The van der Waals surface area contributed by atoms with Crippen molar-refractivity contribution in [1.82, 2.24) is 9.97 Å². The lowest BCUT2D eigenvalue weighted by Gasteiger charge is -2.24. The van der Waals surface area contributed by atoms with Gasteiger partial charge in [0.05, 0.1) is 9.26 Å². The van der Waals surface area contributed by atoms with Crippen LogP contribution < -0.4 is 0 Å². The lowest BCUT2D eigenvalue weighted by Crippen LogP contribution is -2.20. The molecule has 0 saturated heterocycles. The second-order valence-electron chi connectivity index (χ2n) is 6.12. The quantitative estimate of drug-likeness (QED) is 0.503. The van der Waals surface area contributed by atoms with Crippen LogP contribution in [0.1, 0.15) is 70.3 Å². The highest BCUT2D eigenvalue weighted by Gasteiger charge is 2.25. The zero-order valence-corrected chi connectivity index (χ0v) is 14.2. The summed E-state index contributed by atoms with van der Waals surface area (Å²) in [5.74, 6) is 1.47. The number of nitrogens with zero attached hydrogens (tertiary/aromatic N) is 2. The molecule has 4 heteroatoms. The van der Waals surface area contributed by atoms with Crippen molar-refractivity contribution in [2.45, 2.75) is 64.2 Å². The van der Waals surface area contributed by atoms with Crippen molar-refractivity contribution >= 4 is 34.2 Å². The number of hydrogen-bond donors (Lipinski definition) is 0. The van der Waals surface area contributed by atoms with Gasteiger partial charge < -0.3 is 0 Å². The Hall–Kier alpha value is 0.100. The zero-order valence-electron chi connectivity index (χ0n) is 11.3. The predicted molar refractivity (Wildman–Crippen MR) is 84.3 cm³/mol. The van der Waals surface area contributed by atoms with Gasteiger partial charge in [0.25, 0.3) is 0 Å². The van der Waals surface area contributed by atoms with Gasteiger partial charge >= 0.3 is 0 Å². The molecule has 100 valence electrons. The van der Waals surface area contributed by atoms with Crippen molar-refractivity contribution in [2.75, 3.05) is 0 Å². The molecule has 2 rings (SSSR count). The summed E-state index contributed by atoms with van der Waals surface area (Å²) >= 11 is 8.55. The maximum atomic E-state index is 6.29. The van der Waals surface area contributed by atoms with E-state index >= 15 is 0 Å². The highest BCUT2D eigenvalue weighted by molar-refractivity contribution is 14.1. The van der Waals surface area contributed by atoms with Crippen LogP contribution in [0.4, 0.5) is 0 Å². The molecule has 1 fully saturated rings. The molecule has 0 aromatic carbocycles. The van der Waals surface area contributed by atoms with E-state index in [1.807, 2.05) is 0 Å². The fraction of sp³-hybridized carbons (Fsp3) is 0.714. The van der Waals surface area contributed by atoms with E-state index in [0.717, 1.165) is 15.1 Å². The van der Waals surface area contributed by atoms with Gasteiger partial charge in [0.15, 0.2) is 0 Å². The van der Waals surface area contributed by atoms with Gasteiger partial charge in [0.2, 0.25) is 0 Å². The average molecular weight is 379 g/mol. The first-order valence-electron chi connectivity index (χ1n) is 6.63. The molecule has 0 unspecified atom stereocenters. The summed E-state index contributed by atoms with van der Waals surface area (Å²) < 4.78 is 1.00. The van der Waals surface area contributed by atoms with Crippen molar-refractivity contribution < 1.29 is 0 Å². The van der Waals surface area contributed by atoms with Crippen molar-refractivity contribution in [3.8, 4) is 0 Å². The first-order chi connectivity index (χ1) is 8.39. The Bertz CT molecular complexity index is 434. The van der Waals surface area contributed by atoms with Gasteiger partial charge in [-0.1, -0.05) is 51.6 Å². The molecule has 1 aliphatic rings. The highest BCUT2D eigenvalue weighted by Crippen LogP contribution is 2.35. The topological polar surface area (TPSA) is 25.8 Å². The average Bonchev–Trinajstić information content (AvgIpc) is 2.32. The SMILES string of the molecule is CC(C)(C)c1nc(C2CCCCC2)nc(Cl)c1I. The second-order valence-corrected chi connectivity index (χ2v) is 7.56. The summed E-state index contributed by atoms with van der Waals surface area (Å²) in [7, 11) is 0. The molecule has 0 N–H and O–H groups in total. The third-order valence-electron chi connectivity index (χ3n) is 3.51. The van der Waals surface area contributed by atoms with Crippen LogP contribution in [0.25, 0.3) is 0 Å². The molecule has 0 amide bonds. The van der Waals surface area contributed by atoms with Gasteiger partial charge in [-0.2, -0.15) is 0 Å². The first kappa shape index (κ1) is 14.5. The van der Waals surface area contributed by atoms with Crippen molar-refractivity contribution in [2.24, 2.45) is 0 Å². The summed E-state index contributed by atoms with van der Waals surface area (Å²) in [6, 6.07) is 0. The maximum Gasteiger partial charge on any atom is 0.146 e. The van der Waals surface area contributed by atoms with Crippen LogP contribution >= 0.6 is 34.2 Å². The molecule has 0 spiro atoms. The molecule has 1 aliphatic carbocycles. The predicted octanol–water partition coefficient (Wildman–Crippen LogP) is 5.08. The fourth-order valence-electron chi connectivity index (χ4n) is 2.48. The van der Waals surface area contributed by atoms with E-state index in [2.05, 4.69) is 48.3 Å². The van der Waals surface area contributed by atoms with Gasteiger partial charge in [0.1, 0.15) is 11.0 Å². The number of hydrogen-bond acceptors (Lipinski definition) is 2. The van der Waals surface area contributed by atoms with Gasteiger partial charge in [0, 0.05) is 11.3 Å². The van der Waals surface area contributed by atoms with Crippen LogP contribution in [-0.2, 0) is 5.41 Å². The van der Waals surface area contributed by atoms with Crippen LogP contribution in [0.3, 0.4) is 0 Å². The lowest BCUT2D eigenvalue weighted by molar-refractivity contribution is 0.424. The maximum absolute atomic E-state index is 6.29. The van der Waals surface area contributed by atoms with Crippen LogP contribution in [0, 0.1) is 3.57 Å². The lowest BCUT2D eigenvalue weighted by atomic mass is 9.87. The van der Waals surface area contributed by atoms with Crippen LogP contribution in [-0.4, -0.2) is 9.97 Å². The zero-order chi connectivity index (χ0) is 13.3. The Morgan fingerprint density at radius 2 is 1.72 bits per heavy atom. The van der Waals surface area contributed by atoms with Gasteiger partial charge in [-0.3, -0.25) is 0 Å². The molecule has 0 atom stereocenters. The summed E-state index contributed by atoms with van der Waals surface area (Å²) in [4.78, 5) is 9.34. The number of aromatic nitrogens is 2. The minimum Gasteiger partial charge on any atom is -0.236 e. The molecule has 1 aromatic rings. The van der Waals surface area contributed by atoms with Crippen LogP contribution in [0.15, 0.2) is 0 Å². The summed E-state index contributed by atoms with van der Waals surface area (Å²) in [6.45, 7) is 6.54. The van der Waals surface area contributed by atoms with Gasteiger partial charge in [-0.05, 0) is 35.4 Å². The van der Waals surface area contributed by atoms with Crippen molar-refractivity contribution in [3.05, 3.63) is 20.2 Å². The molecule has 1 aromatic heterocycles. The normalized spacial score (nSPS) is 18.1. The Balaban J connectivity index is 2.40. The summed E-state index contributed by atoms with van der Waals surface area (Å²) in [5, 5.41) is 0.621. The Labute approximate surface area is 128 Å². The van der Waals surface area contributed by atoms with Gasteiger partial charge in [-0.25, -0.2) is 9.97 Å². The number of rotatable bonds is 1. The van der Waals surface area contributed by atoms with Crippen molar-refractivity contribution in [1.29, 1.82) is 0 Å². The molecule has 1 saturated carbocycles. The highest BCUT2D eigenvalue weighted by atomic mass is 127. The minimum absolute atomic E-state index is 0.0204. The Morgan fingerprint density at radius 1 is 1.11 bits per heavy atom. The molecular formula is C14H20ClIN2. The minimum atomic E-state index is 0.0204. The largest absolute Gasteiger partial charge is 0.236 e. The Morgan fingerprint density at radius 3 is 2.28 bits per heavy atom. The summed E-state index contributed by atoms with van der Waals surface area (Å²) in [5.41, 5.74) is 1.11. The van der Waals surface area contributed by atoms with E-state index in [0.29, 0.717) is 11.1 Å². The first-order valence-corrected chi connectivity index (χ1v) is 8.08. The summed E-state index contributed by atoms with van der Waals surface area (Å²) in [6.07, 6.45) is 6.35. The second kappa shape index (κ2) is 5.61. The Kier molecular flexibility index (Phi) is 4.52. The molecule has 18 heavy (non-hydrogen) atoms. The molecule has 2 nitrogen and oxygen atoms in total. The molecule has 0 bridgehead atoms. The van der Waals surface area contributed by atoms with E-state index in [4.69, 9.17) is 16.6 Å². The standard InChI is InChI=1S/C14H20ClIN2/c1-14(2,3)11-10(16)12(15)18-13(17-11)9-7-5-4-6-8-9/h9H,4-8H2,1-3H3. The third kappa shape index (κ3) is 3.16. The van der Waals surface area contributed by atoms with E-state index in [-0.39, 0.29) is 5.41 Å². The monoisotopic (exact) mass is 378 g/mol. The van der Waals surface area contributed by atoms with E-state index < -0.39 is 0 Å². The van der Waals surface area contributed by atoms with Crippen LogP contribution in [0.2, 0.25) is 5.15 Å². The molecular weight excluding hydrogens is 359 g/mol. The molecule has 0 aliphatic heterocycles. The van der Waals surface area contributed by atoms with E-state index in [9.17, 15) is 0 Å². The smallest absolute Gasteiger partial charge is 0.146 e. The van der Waals surface area contributed by atoms with E-state index in [1.54, 1.807) is 0 Å². The molecule has 1 heterocycles. The van der Waals surface area contributed by atoms with E-state index in [1.165, 1.54) is 32.1 Å².